The number of benzene rings is 1. The maximum atomic E-state index is 12.5. The van der Waals surface area contributed by atoms with Crippen molar-refractivity contribution in [2.75, 3.05) is 6.61 Å². The van der Waals surface area contributed by atoms with Gasteiger partial charge in [0, 0.05) is 12.6 Å². The van der Waals surface area contributed by atoms with Gasteiger partial charge in [-0.15, -0.1) is 0 Å². The molecule has 0 aliphatic carbocycles. The lowest BCUT2D eigenvalue weighted by atomic mass is 10.0. The Morgan fingerprint density at radius 3 is 2.25 bits per heavy atom. The molecule has 6 nitrogen and oxygen atoms in total. The Labute approximate surface area is 144 Å². The third kappa shape index (κ3) is 6.59. The van der Waals surface area contributed by atoms with Crippen LogP contribution in [0.1, 0.15) is 39.7 Å². The summed E-state index contributed by atoms with van der Waals surface area (Å²) in [6.07, 6.45) is -0.149. The monoisotopic (exact) mass is 357 g/mol. The number of sulfonamides is 1. The normalized spacial score (nSPS) is 14.9. The number of aryl methyl sites for hydroxylation is 1. The SMILES string of the molecule is Cc1ccc(S(=O)(=O)N[C@@H](CC(=O)OC(C)(C)C)[C@@H](C)CO)cc1. The number of carbonyl (C=O) groups excluding carboxylic acids is 1. The van der Waals surface area contributed by atoms with E-state index in [0.717, 1.165) is 5.56 Å². The van der Waals surface area contributed by atoms with E-state index < -0.39 is 33.6 Å². The van der Waals surface area contributed by atoms with E-state index in [9.17, 15) is 18.3 Å². The lowest BCUT2D eigenvalue weighted by Crippen LogP contribution is -2.43. The van der Waals surface area contributed by atoms with E-state index in [4.69, 9.17) is 4.74 Å². The maximum absolute atomic E-state index is 12.5. The Balaban J connectivity index is 2.93. The molecular formula is C17H27NO5S. The molecule has 136 valence electrons. The molecule has 0 radical (unpaired) electrons. The first kappa shape index (κ1) is 20.6. The minimum Gasteiger partial charge on any atom is -0.460 e. The van der Waals surface area contributed by atoms with Crippen LogP contribution in [0.3, 0.4) is 0 Å². The predicted octanol–water partition coefficient (Wildman–Crippen LogP) is 2.00. The third-order valence-corrected chi connectivity index (χ3v) is 4.93. The van der Waals surface area contributed by atoms with Crippen LogP contribution in [0.25, 0.3) is 0 Å². The Hall–Kier alpha value is -1.44. The highest BCUT2D eigenvalue weighted by Gasteiger charge is 2.28. The molecule has 1 rings (SSSR count). The lowest BCUT2D eigenvalue weighted by Gasteiger charge is -2.25. The molecule has 0 unspecified atom stereocenters. The van der Waals surface area contributed by atoms with Crippen molar-refractivity contribution in [1.82, 2.24) is 4.72 Å². The molecule has 0 saturated heterocycles. The van der Waals surface area contributed by atoms with Crippen LogP contribution in [-0.4, -0.2) is 37.7 Å². The fraction of sp³-hybridized carbons (Fsp3) is 0.588. The van der Waals surface area contributed by atoms with E-state index >= 15 is 0 Å². The number of ether oxygens (including phenoxy) is 1. The predicted molar refractivity (Wildman–Crippen MR) is 92.0 cm³/mol. The summed E-state index contributed by atoms with van der Waals surface area (Å²) in [7, 11) is -3.79. The van der Waals surface area contributed by atoms with E-state index in [2.05, 4.69) is 4.72 Å². The van der Waals surface area contributed by atoms with Gasteiger partial charge in [0.15, 0.2) is 0 Å². The molecule has 0 aliphatic rings. The van der Waals surface area contributed by atoms with Crippen LogP contribution in [0.15, 0.2) is 29.2 Å². The molecular weight excluding hydrogens is 330 g/mol. The first-order valence-electron chi connectivity index (χ1n) is 7.86. The molecule has 0 bridgehead atoms. The highest BCUT2D eigenvalue weighted by Crippen LogP contribution is 2.17. The summed E-state index contributed by atoms with van der Waals surface area (Å²) < 4.78 is 32.7. The first-order chi connectivity index (χ1) is 10.9. The van der Waals surface area contributed by atoms with Crippen molar-refractivity contribution in [2.24, 2.45) is 5.92 Å². The number of aliphatic hydroxyl groups is 1. The average Bonchev–Trinajstić information content (AvgIpc) is 2.44. The highest BCUT2D eigenvalue weighted by molar-refractivity contribution is 7.89. The van der Waals surface area contributed by atoms with E-state index in [1.807, 2.05) is 6.92 Å². The van der Waals surface area contributed by atoms with Crippen molar-refractivity contribution < 1.29 is 23.1 Å². The molecule has 2 N–H and O–H groups in total. The molecule has 0 spiro atoms. The number of hydrogen-bond acceptors (Lipinski definition) is 5. The van der Waals surface area contributed by atoms with Crippen molar-refractivity contribution >= 4 is 16.0 Å². The van der Waals surface area contributed by atoms with Crippen LogP contribution in [-0.2, 0) is 19.6 Å². The minimum absolute atomic E-state index is 0.118. The smallest absolute Gasteiger partial charge is 0.307 e. The summed E-state index contributed by atoms with van der Waals surface area (Å²) in [5.41, 5.74) is 0.294. The standard InChI is InChI=1S/C17H27NO5S/c1-12-6-8-14(9-7-12)24(21,22)18-15(13(2)11-19)10-16(20)23-17(3,4)5/h6-9,13,15,18-19H,10-11H2,1-5H3/t13-,15-/m0/s1. The van der Waals surface area contributed by atoms with Crippen molar-refractivity contribution in [3.05, 3.63) is 29.8 Å². The molecule has 0 aromatic heterocycles. The summed E-state index contributed by atoms with van der Waals surface area (Å²) in [6, 6.07) is 5.66. The zero-order valence-electron chi connectivity index (χ0n) is 14.9. The van der Waals surface area contributed by atoms with Crippen LogP contribution >= 0.6 is 0 Å². The van der Waals surface area contributed by atoms with Crippen molar-refractivity contribution in [2.45, 2.75) is 57.6 Å². The Morgan fingerprint density at radius 1 is 1.25 bits per heavy atom. The zero-order valence-corrected chi connectivity index (χ0v) is 15.7. The minimum atomic E-state index is -3.79. The Kier molecular flexibility index (Phi) is 6.95. The number of nitrogens with one attached hydrogen (secondary N) is 1. The molecule has 2 atom stereocenters. The van der Waals surface area contributed by atoms with Crippen molar-refractivity contribution in [3.63, 3.8) is 0 Å². The molecule has 1 aromatic carbocycles. The molecule has 0 aliphatic heterocycles. The molecule has 0 amide bonds. The second kappa shape index (κ2) is 8.09. The van der Waals surface area contributed by atoms with Crippen LogP contribution in [0.2, 0.25) is 0 Å². The second-order valence-corrected chi connectivity index (χ2v) is 8.71. The lowest BCUT2D eigenvalue weighted by molar-refractivity contribution is -0.155. The van der Waals surface area contributed by atoms with Crippen LogP contribution in [0.4, 0.5) is 0 Å². The van der Waals surface area contributed by atoms with Crippen molar-refractivity contribution in [3.8, 4) is 0 Å². The van der Waals surface area contributed by atoms with Gasteiger partial charge in [0.25, 0.3) is 0 Å². The van der Waals surface area contributed by atoms with Crippen LogP contribution in [0, 0.1) is 12.8 Å². The van der Waals surface area contributed by atoms with Crippen LogP contribution < -0.4 is 4.72 Å². The third-order valence-electron chi connectivity index (χ3n) is 3.42. The largest absolute Gasteiger partial charge is 0.460 e. The average molecular weight is 357 g/mol. The Bertz CT molecular complexity index is 647. The van der Waals surface area contributed by atoms with Gasteiger partial charge in [0.1, 0.15) is 5.60 Å². The van der Waals surface area contributed by atoms with E-state index in [1.165, 1.54) is 12.1 Å². The fourth-order valence-electron chi connectivity index (χ4n) is 2.03. The summed E-state index contributed by atoms with van der Waals surface area (Å²) in [5, 5.41) is 9.37. The van der Waals surface area contributed by atoms with Gasteiger partial charge in [0.05, 0.1) is 11.3 Å². The van der Waals surface area contributed by atoms with E-state index in [-0.39, 0.29) is 17.9 Å². The van der Waals surface area contributed by atoms with Gasteiger partial charge in [-0.1, -0.05) is 24.6 Å². The van der Waals surface area contributed by atoms with Gasteiger partial charge < -0.3 is 9.84 Å². The number of aliphatic hydroxyl groups excluding tert-OH is 1. The van der Waals surface area contributed by atoms with E-state index in [1.54, 1.807) is 39.8 Å². The Morgan fingerprint density at radius 2 is 1.79 bits per heavy atom. The molecule has 7 heteroatoms. The molecule has 0 fully saturated rings. The van der Waals surface area contributed by atoms with E-state index in [0.29, 0.717) is 0 Å². The number of rotatable bonds is 7. The van der Waals surface area contributed by atoms with Gasteiger partial charge >= 0.3 is 5.97 Å². The molecule has 0 saturated carbocycles. The quantitative estimate of drug-likeness (QED) is 0.728. The molecule has 1 aromatic rings. The highest BCUT2D eigenvalue weighted by atomic mass is 32.2. The number of esters is 1. The van der Waals surface area contributed by atoms with Gasteiger partial charge in [-0.05, 0) is 45.7 Å². The molecule has 0 heterocycles. The van der Waals surface area contributed by atoms with Crippen molar-refractivity contribution in [1.29, 1.82) is 0 Å². The number of hydrogen-bond donors (Lipinski definition) is 2. The molecule has 24 heavy (non-hydrogen) atoms. The number of carbonyl (C=O) groups is 1. The summed E-state index contributed by atoms with van der Waals surface area (Å²) >= 11 is 0. The van der Waals surface area contributed by atoms with Gasteiger partial charge in [-0.25, -0.2) is 13.1 Å². The zero-order chi connectivity index (χ0) is 18.5. The van der Waals surface area contributed by atoms with Gasteiger partial charge in [0.2, 0.25) is 10.0 Å². The summed E-state index contributed by atoms with van der Waals surface area (Å²) in [4.78, 5) is 12.1. The van der Waals surface area contributed by atoms with Gasteiger partial charge in [-0.2, -0.15) is 0 Å². The topological polar surface area (TPSA) is 92.7 Å². The van der Waals surface area contributed by atoms with Crippen LogP contribution in [0.5, 0.6) is 0 Å². The fourth-order valence-corrected chi connectivity index (χ4v) is 3.38. The second-order valence-electron chi connectivity index (χ2n) is 6.99. The summed E-state index contributed by atoms with van der Waals surface area (Å²) in [5.74, 6) is -0.947. The van der Waals surface area contributed by atoms with Gasteiger partial charge in [-0.3, -0.25) is 4.79 Å². The first-order valence-corrected chi connectivity index (χ1v) is 9.34. The summed E-state index contributed by atoms with van der Waals surface area (Å²) in [6.45, 7) is 8.52. The maximum Gasteiger partial charge on any atom is 0.307 e.